The van der Waals surface area contributed by atoms with Crippen molar-refractivity contribution in [3.05, 3.63) is 36.5 Å². The van der Waals surface area contributed by atoms with Gasteiger partial charge in [-0.2, -0.15) is 0 Å². The van der Waals surface area contributed by atoms with Crippen LogP contribution in [0.4, 0.5) is 0 Å². The second-order valence-electron chi connectivity index (χ2n) is 18.9. The van der Waals surface area contributed by atoms with Gasteiger partial charge < -0.3 is 14.2 Å². The Balaban J connectivity index is 4.18. The van der Waals surface area contributed by atoms with Gasteiger partial charge in [0.2, 0.25) is 0 Å². The second-order valence-corrected chi connectivity index (χ2v) is 18.9. The smallest absolute Gasteiger partial charge is 0.306 e. The SMILES string of the molecule is CCCCCCC/C=C\C/C=C\C/C=C\CCCCCCCCCCC(=O)OCC(COC(=O)CCCCCCCCC)OC(=O)CCCCCCCCCCCCCCCCCC. The Morgan fingerprint density at radius 1 is 0.312 bits per heavy atom. The summed E-state index contributed by atoms with van der Waals surface area (Å²) >= 11 is 0. The topological polar surface area (TPSA) is 78.9 Å². The fourth-order valence-corrected chi connectivity index (χ4v) is 8.16. The van der Waals surface area contributed by atoms with E-state index in [0.717, 1.165) is 77.0 Å². The first-order chi connectivity index (χ1) is 31.5. The quantitative estimate of drug-likeness (QED) is 0.0262. The Hall–Kier alpha value is -2.37. The molecular weight excluding hydrogens is 793 g/mol. The molecule has 0 aromatic carbocycles. The molecule has 6 heteroatoms. The number of unbranched alkanes of at least 4 members (excludes halogenated alkanes) is 34. The molecule has 0 bridgehead atoms. The molecule has 1 unspecified atom stereocenters. The van der Waals surface area contributed by atoms with Crippen LogP contribution in [-0.4, -0.2) is 37.2 Å². The first-order valence-corrected chi connectivity index (χ1v) is 28.0. The van der Waals surface area contributed by atoms with Gasteiger partial charge in [0.05, 0.1) is 0 Å². The minimum Gasteiger partial charge on any atom is -0.462 e. The Labute approximate surface area is 397 Å². The van der Waals surface area contributed by atoms with Gasteiger partial charge in [-0.25, -0.2) is 0 Å². The first-order valence-electron chi connectivity index (χ1n) is 28.0. The molecule has 0 heterocycles. The van der Waals surface area contributed by atoms with Gasteiger partial charge in [0.15, 0.2) is 6.10 Å². The molecule has 0 saturated carbocycles. The van der Waals surface area contributed by atoms with Crippen molar-refractivity contribution in [1.29, 1.82) is 0 Å². The molecule has 0 radical (unpaired) electrons. The lowest BCUT2D eigenvalue weighted by atomic mass is 10.0. The lowest BCUT2D eigenvalue weighted by Crippen LogP contribution is -2.30. The van der Waals surface area contributed by atoms with Crippen LogP contribution in [0.15, 0.2) is 36.5 Å². The molecule has 374 valence electrons. The zero-order valence-electron chi connectivity index (χ0n) is 42.8. The largest absolute Gasteiger partial charge is 0.462 e. The zero-order valence-corrected chi connectivity index (χ0v) is 42.8. The molecule has 0 fully saturated rings. The van der Waals surface area contributed by atoms with Crippen molar-refractivity contribution in [2.24, 2.45) is 0 Å². The number of carbonyl (C=O) groups is 3. The van der Waals surface area contributed by atoms with E-state index in [1.165, 1.54) is 180 Å². The summed E-state index contributed by atoms with van der Waals surface area (Å²) in [6.45, 7) is 6.61. The predicted molar refractivity (Wildman–Crippen MR) is 275 cm³/mol. The normalized spacial score (nSPS) is 12.2. The van der Waals surface area contributed by atoms with Crippen LogP contribution < -0.4 is 0 Å². The minimum atomic E-state index is -0.769. The third-order valence-electron chi connectivity index (χ3n) is 12.4. The van der Waals surface area contributed by atoms with E-state index < -0.39 is 6.10 Å². The molecule has 0 amide bonds. The lowest BCUT2D eigenvalue weighted by molar-refractivity contribution is -0.167. The van der Waals surface area contributed by atoms with Crippen LogP contribution in [0.1, 0.15) is 297 Å². The van der Waals surface area contributed by atoms with E-state index in [1.807, 2.05) is 0 Å². The highest BCUT2D eigenvalue weighted by molar-refractivity contribution is 5.71. The third-order valence-corrected chi connectivity index (χ3v) is 12.4. The molecular formula is C58H106O6. The highest BCUT2D eigenvalue weighted by Gasteiger charge is 2.19. The van der Waals surface area contributed by atoms with Crippen LogP contribution >= 0.6 is 0 Å². The number of rotatable bonds is 51. The fraction of sp³-hybridized carbons (Fsp3) is 0.845. The van der Waals surface area contributed by atoms with Crippen LogP contribution in [0.5, 0.6) is 0 Å². The maximum Gasteiger partial charge on any atom is 0.306 e. The number of ether oxygens (including phenoxy) is 3. The standard InChI is InChI=1S/C58H106O6/c1-4-7-10-13-16-18-20-22-24-26-27-28-29-30-31-32-34-35-37-39-42-45-48-51-57(60)63-54-55(53-62-56(59)50-47-44-41-15-12-9-6-3)64-58(61)52-49-46-43-40-38-36-33-25-23-21-19-17-14-11-8-5-2/h20,22,26-27,29-30,55H,4-19,21,23-25,28,31-54H2,1-3H3/b22-20-,27-26-,30-29-. The third kappa shape index (κ3) is 50.6. The molecule has 0 N–H and O–H groups in total. The summed E-state index contributed by atoms with van der Waals surface area (Å²) in [6.07, 6.45) is 62.9. The van der Waals surface area contributed by atoms with Gasteiger partial charge in [0, 0.05) is 19.3 Å². The van der Waals surface area contributed by atoms with Crippen LogP contribution in [0, 0.1) is 0 Å². The molecule has 0 aromatic rings. The first kappa shape index (κ1) is 61.6. The van der Waals surface area contributed by atoms with Crippen molar-refractivity contribution in [2.45, 2.75) is 303 Å². The van der Waals surface area contributed by atoms with Gasteiger partial charge in [-0.05, 0) is 57.8 Å². The molecule has 0 rings (SSSR count). The van der Waals surface area contributed by atoms with E-state index in [0.29, 0.717) is 19.3 Å². The Bertz CT molecular complexity index is 1080. The highest BCUT2D eigenvalue weighted by atomic mass is 16.6. The van der Waals surface area contributed by atoms with Gasteiger partial charge in [-0.1, -0.05) is 256 Å². The molecule has 64 heavy (non-hydrogen) atoms. The van der Waals surface area contributed by atoms with E-state index in [1.54, 1.807) is 0 Å². The molecule has 0 spiro atoms. The summed E-state index contributed by atoms with van der Waals surface area (Å²) in [5.41, 5.74) is 0. The van der Waals surface area contributed by atoms with Crippen LogP contribution in [0.3, 0.4) is 0 Å². The summed E-state index contributed by atoms with van der Waals surface area (Å²) in [4.78, 5) is 37.9. The van der Waals surface area contributed by atoms with Gasteiger partial charge in [0.1, 0.15) is 13.2 Å². The van der Waals surface area contributed by atoms with Gasteiger partial charge in [-0.15, -0.1) is 0 Å². The summed E-state index contributed by atoms with van der Waals surface area (Å²) in [5.74, 6) is -0.870. The van der Waals surface area contributed by atoms with Crippen molar-refractivity contribution in [3.63, 3.8) is 0 Å². The van der Waals surface area contributed by atoms with Crippen molar-refractivity contribution < 1.29 is 28.6 Å². The average Bonchev–Trinajstić information content (AvgIpc) is 3.29. The summed E-state index contributed by atoms with van der Waals surface area (Å²) in [5, 5.41) is 0. The van der Waals surface area contributed by atoms with Gasteiger partial charge in [0.25, 0.3) is 0 Å². The molecule has 0 aliphatic heterocycles. The summed E-state index contributed by atoms with van der Waals surface area (Å²) in [7, 11) is 0. The van der Waals surface area contributed by atoms with Gasteiger partial charge >= 0.3 is 17.9 Å². The van der Waals surface area contributed by atoms with Crippen molar-refractivity contribution in [2.75, 3.05) is 13.2 Å². The van der Waals surface area contributed by atoms with Gasteiger partial charge in [-0.3, -0.25) is 14.4 Å². The number of esters is 3. The van der Waals surface area contributed by atoms with Crippen molar-refractivity contribution in [3.8, 4) is 0 Å². The van der Waals surface area contributed by atoms with Crippen molar-refractivity contribution >= 4 is 17.9 Å². The van der Waals surface area contributed by atoms with E-state index in [9.17, 15) is 14.4 Å². The second kappa shape index (κ2) is 53.2. The summed E-state index contributed by atoms with van der Waals surface area (Å²) in [6, 6.07) is 0. The maximum absolute atomic E-state index is 12.8. The molecule has 0 aliphatic carbocycles. The minimum absolute atomic E-state index is 0.0710. The van der Waals surface area contributed by atoms with E-state index in [-0.39, 0.29) is 31.1 Å². The Morgan fingerprint density at radius 3 is 0.875 bits per heavy atom. The van der Waals surface area contributed by atoms with E-state index >= 15 is 0 Å². The van der Waals surface area contributed by atoms with Crippen molar-refractivity contribution in [1.82, 2.24) is 0 Å². The van der Waals surface area contributed by atoms with Crippen LogP contribution in [0.25, 0.3) is 0 Å². The number of allylic oxidation sites excluding steroid dienone is 6. The fourth-order valence-electron chi connectivity index (χ4n) is 8.16. The predicted octanol–water partition coefficient (Wildman–Crippen LogP) is 18.5. The number of carbonyl (C=O) groups excluding carboxylic acids is 3. The Kier molecular flexibility index (Phi) is 51.3. The Morgan fingerprint density at radius 2 is 0.562 bits per heavy atom. The monoisotopic (exact) mass is 899 g/mol. The molecule has 6 nitrogen and oxygen atoms in total. The molecule has 1 atom stereocenters. The number of hydrogen-bond acceptors (Lipinski definition) is 6. The van der Waals surface area contributed by atoms with Crippen LogP contribution in [-0.2, 0) is 28.6 Å². The van der Waals surface area contributed by atoms with E-state index in [2.05, 4.69) is 57.2 Å². The van der Waals surface area contributed by atoms with E-state index in [4.69, 9.17) is 14.2 Å². The maximum atomic E-state index is 12.8. The molecule has 0 aliphatic rings. The molecule has 0 aromatic heterocycles. The lowest BCUT2D eigenvalue weighted by Gasteiger charge is -2.18. The molecule has 0 saturated heterocycles. The summed E-state index contributed by atoms with van der Waals surface area (Å²) < 4.78 is 16.8. The average molecular weight is 899 g/mol. The number of hydrogen-bond donors (Lipinski definition) is 0. The van der Waals surface area contributed by atoms with Crippen LogP contribution in [0.2, 0.25) is 0 Å². The highest BCUT2D eigenvalue weighted by Crippen LogP contribution is 2.16. The zero-order chi connectivity index (χ0) is 46.5.